The normalized spacial score (nSPS) is 14.9. The fourth-order valence-corrected chi connectivity index (χ4v) is 2.18. The zero-order valence-corrected chi connectivity index (χ0v) is 10.7. The van der Waals surface area contributed by atoms with E-state index in [0.29, 0.717) is 12.2 Å². The Labute approximate surface area is 111 Å². The second-order valence-electron chi connectivity index (χ2n) is 4.47. The first kappa shape index (κ1) is 11.8. The number of nitrogens with zero attached hydrogens (tertiary/aromatic N) is 3. The van der Waals surface area contributed by atoms with Gasteiger partial charge in [0.2, 0.25) is 0 Å². The van der Waals surface area contributed by atoms with Crippen molar-refractivity contribution in [2.24, 2.45) is 0 Å². The molecule has 5 heteroatoms. The van der Waals surface area contributed by atoms with Crippen LogP contribution < -0.4 is 4.74 Å². The number of hydrogen-bond donors (Lipinski definition) is 0. The Morgan fingerprint density at radius 1 is 1.32 bits per heavy atom. The maximum atomic E-state index is 12.3. The molecule has 1 aliphatic rings. The molecule has 0 N–H and O–H groups in total. The van der Waals surface area contributed by atoms with Crippen molar-refractivity contribution in [1.82, 2.24) is 14.3 Å². The molecule has 3 rings (SSSR count). The summed E-state index contributed by atoms with van der Waals surface area (Å²) in [7, 11) is 1.62. The standard InChI is InChI=1S/C14H15N3O2/c1-19-11-5-6-13-15-12(10-17(13)9-11)14(18)16-7-3-2-4-8-16/h2-3,5-6,9-10H,4,7-8H2,1H3. The lowest BCUT2D eigenvalue weighted by atomic mass is 10.2. The predicted octanol–water partition coefficient (Wildman–Crippen LogP) is 1.75. The Morgan fingerprint density at radius 2 is 2.21 bits per heavy atom. The van der Waals surface area contributed by atoms with Crippen LogP contribution in [0.2, 0.25) is 0 Å². The highest BCUT2D eigenvalue weighted by Gasteiger charge is 2.18. The molecule has 0 saturated heterocycles. The van der Waals surface area contributed by atoms with E-state index in [1.807, 2.05) is 28.8 Å². The first-order valence-electron chi connectivity index (χ1n) is 6.25. The molecular weight excluding hydrogens is 242 g/mol. The monoisotopic (exact) mass is 257 g/mol. The van der Waals surface area contributed by atoms with E-state index in [1.165, 1.54) is 0 Å². The van der Waals surface area contributed by atoms with Gasteiger partial charge in [-0.2, -0.15) is 0 Å². The molecule has 0 bridgehead atoms. The van der Waals surface area contributed by atoms with Crippen molar-refractivity contribution in [3.05, 3.63) is 42.4 Å². The van der Waals surface area contributed by atoms with Crippen LogP contribution >= 0.6 is 0 Å². The second kappa shape index (κ2) is 4.76. The largest absolute Gasteiger partial charge is 0.495 e. The number of methoxy groups -OCH3 is 1. The fourth-order valence-electron chi connectivity index (χ4n) is 2.18. The highest BCUT2D eigenvalue weighted by molar-refractivity contribution is 5.93. The number of amides is 1. The van der Waals surface area contributed by atoms with Gasteiger partial charge in [0.25, 0.3) is 5.91 Å². The molecule has 0 spiro atoms. The maximum absolute atomic E-state index is 12.3. The minimum absolute atomic E-state index is 0.0213. The van der Waals surface area contributed by atoms with Crippen LogP contribution in [0, 0.1) is 0 Å². The molecule has 0 fully saturated rings. The van der Waals surface area contributed by atoms with Crippen molar-refractivity contribution in [3.8, 4) is 5.75 Å². The molecule has 1 amide bonds. The van der Waals surface area contributed by atoms with E-state index in [-0.39, 0.29) is 5.91 Å². The van der Waals surface area contributed by atoms with Crippen molar-refractivity contribution in [3.63, 3.8) is 0 Å². The zero-order valence-electron chi connectivity index (χ0n) is 10.7. The molecule has 98 valence electrons. The highest BCUT2D eigenvalue weighted by Crippen LogP contribution is 2.15. The molecular formula is C14H15N3O2. The van der Waals surface area contributed by atoms with Crippen LogP contribution in [0.1, 0.15) is 16.9 Å². The Kier molecular flexibility index (Phi) is 2.95. The summed E-state index contributed by atoms with van der Waals surface area (Å²) in [4.78, 5) is 18.5. The van der Waals surface area contributed by atoms with Gasteiger partial charge in [0.15, 0.2) is 0 Å². The van der Waals surface area contributed by atoms with Crippen LogP contribution in [-0.4, -0.2) is 40.4 Å². The first-order valence-corrected chi connectivity index (χ1v) is 6.25. The van der Waals surface area contributed by atoms with Crippen LogP contribution in [0.3, 0.4) is 0 Å². The molecule has 0 atom stereocenters. The lowest BCUT2D eigenvalue weighted by Crippen LogP contribution is -2.33. The van der Waals surface area contributed by atoms with Gasteiger partial charge in [0.1, 0.15) is 17.1 Å². The summed E-state index contributed by atoms with van der Waals surface area (Å²) in [5.74, 6) is 0.719. The van der Waals surface area contributed by atoms with Crippen molar-refractivity contribution >= 4 is 11.6 Å². The Morgan fingerprint density at radius 3 is 2.95 bits per heavy atom. The van der Waals surface area contributed by atoms with Crippen molar-refractivity contribution in [1.29, 1.82) is 0 Å². The van der Waals surface area contributed by atoms with E-state index < -0.39 is 0 Å². The number of ether oxygens (including phenoxy) is 1. The van der Waals surface area contributed by atoms with E-state index >= 15 is 0 Å². The van der Waals surface area contributed by atoms with Crippen LogP contribution in [0.5, 0.6) is 5.75 Å². The second-order valence-corrected chi connectivity index (χ2v) is 4.47. The number of pyridine rings is 1. The Bertz CT molecular complexity index is 645. The average Bonchev–Trinajstić information content (AvgIpc) is 2.90. The number of fused-ring (bicyclic) bond motifs is 1. The smallest absolute Gasteiger partial charge is 0.274 e. The summed E-state index contributed by atoms with van der Waals surface area (Å²) in [6.45, 7) is 1.42. The number of rotatable bonds is 2. The predicted molar refractivity (Wildman–Crippen MR) is 71.4 cm³/mol. The quantitative estimate of drug-likeness (QED) is 0.770. The molecule has 19 heavy (non-hydrogen) atoms. The summed E-state index contributed by atoms with van der Waals surface area (Å²) in [6, 6.07) is 3.67. The minimum Gasteiger partial charge on any atom is -0.495 e. The highest BCUT2D eigenvalue weighted by atomic mass is 16.5. The summed E-state index contributed by atoms with van der Waals surface area (Å²) < 4.78 is 6.97. The molecule has 0 aliphatic carbocycles. The van der Waals surface area contributed by atoms with Gasteiger partial charge in [0.05, 0.1) is 13.3 Å². The van der Waals surface area contributed by atoms with E-state index in [2.05, 4.69) is 11.1 Å². The fraction of sp³-hybridized carbons (Fsp3) is 0.286. The minimum atomic E-state index is -0.0213. The first-order chi connectivity index (χ1) is 9.28. The summed E-state index contributed by atoms with van der Waals surface area (Å²) in [5, 5.41) is 0. The molecule has 3 heterocycles. The van der Waals surface area contributed by atoms with Crippen LogP contribution in [-0.2, 0) is 0 Å². The number of carbonyl (C=O) groups is 1. The number of carbonyl (C=O) groups excluding carboxylic acids is 1. The van der Waals surface area contributed by atoms with Gasteiger partial charge in [-0.15, -0.1) is 0 Å². The molecule has 2 aromatic heterocycles. The van der Waals surface area contributed by atoms with Gasteiger partial charge in [-0.3, -0.25) is 4.79 Å². The van der Waals surface area contributed by atoms with Crippen LogP contribution in [0.15, 0.2) is 36.7 Å². The molecule has 0 saturated carbocycles. The van der Waals surface area contributed by atoms with Gasteiger partial charge in [-0.05, 0) is 18.6 Å². The molecule has 1 aliphatic heterocycles. The van der Waals surface area contributed by atoms with E-state index in [4.69, 9.17) is 4.74 Å². The summed E-state index contributed by atoms with van der Waals surface area (Å²) >= 11 is 0. The summed E-state index contributed by atoms with van der Waals surface area (Å²) in [5.41, 5.74) is 1.22. The van der Waals surface area contributed by atoms with Crippen LogP contribution in [0.4, 0.5) is 0 Å². The van der Waals surface area contributed by atoms with Gasteiger partial charge >= 0.3 is 0 Å². The number of hydrogen-bond acceptors (Lipinski definition) is 3. The molecule has 0 aromatic carbocycles. The van der Waals surface area contributed by atoms with Gasteiger partial charge in [0, 0.05) is 19.3 Å². The molecule has 0 radical (unpaired) electrons. The zero-order chi connectivity index (χ0) is 13.2. The SMILES string of the molecule is COc1ccc2nc(C(=O)N3CC=CCC3)cn2c1. The van der Waals surface area contributed by atoms with Crippen LogP contribution in [0.25, 0.3) is 5.65 Å². The van der Waals surface area contributed by atoms with E-state index in [9.17, 15) is 4.79 Å². The van der Waals surface area contributed by atoms with Crippen molar-refractivity contribution in [2.45, 2.75) is 6.42 Å². The summed E-state index contributed by atoms with van der Waals surface area (Å²) in [6.07, 6.45) is 8.58. The van der Waals surface area contributed by atoms with Crippen molar-refractivity contribution in [2.75, 3.05) is 20.2 Å². The third-order valence-electron chi connectivity index (χ3n) is 3.22. The Hall–Kier alpha value is -2.30. The third kappa shape index (κ3) is 2.19. The Balaban J connectivity index is 1.92. The molecule has 5 nitrogen and oxygen atoms in total. The van der Waals surface area contributed by atoms with E-state index in [0.717, 1.165) is 24.4 Å². The lowest BCUT2D eigenvalue weighted by molar-refractivity contribution is 0.0766. The molecule has 2 aromatic rings. The number of imidazole rings is 1. The van der Waals surface area contributed by atoms with Gasteiger partial charge < -0.3 is 14.0 Å². The maximum Gasteiger partial charge on any atom is 0.274 e. The van der Waals surface area contributed by atoms with Gasteiger partial charge in [-0.1, -0.05) is 12.2 Å². The average molecular weight is 257 g/mol. The topological polar surface area (TPSA) is 46.8 Å². The molecule has 0 unspecified atom stereocenters. The third-order valence-corrected chi connectivity index (χ3v) is 3.22. The van der Waals surface area contributed by atoms with Crippen molar-refractivity contribution < 1.29 is 9.53 Å². The van der Waals surface area contributed by atoms with Gasteiger partial charge in [-0.25, -0.2) is 4.98 Å². The van der Waals surface area contributed by atoms with E-state index in [1.54, 1.807) is 18.2 Å². The lowest BCUT2D eigenvalue weighted by Gasteiger charge is -2.22. The number of aromatic nitrogens is 2.